The summed E-state index contributed by atoms with van der Waals surface area (Å²) in [6, 6.07) is 0.105. The van der Waals surface area contributed by atoms with Crippen molar-refractivity contribution in [2.45, 2.75) is 57.5 Å². The highest BCUT2D eigenvalue weighted by Crippen LogP contribution is 2.22. The Kier molecular flexibility index (Phi) is 5.27. The van der Waals surface area contributed by atoms with Crippen LogP contribution >= 0.6 is 0 Å². The van der Waals surface area contributed by atoms with Crippen LogP contribution in [-0.4, -0.2) is 47.3 Å². The lowest BCUT2D eigenvalue weighted by molar-refractivity contribution is -0.174. The predicted molar refractivity (Wildman–Crippen MR) is 69.6 cm³/mol. The van der Waals surface area contributed by atoms with Crippen molar-refractivity contribution in [1.82, 2.24) is 10.2 Å². The van der Waals surface area contributed by atoms with Gasteiger partial charge in [0.15, 0.2) is 0 Å². The molecule has 0 radical (unpaired) electrons. The summed E-state index contributed by atoms with van der Waals surface area (Å²) in [4.78, 5) is 24.0. The van der Waals surface area contributed by atoms with Crippen molar-refractivity contribution >= 4 is 12.0 Å². The number of likely N-dealkylation sites (tertiary alicyclic amines) is 1. The van der Waals surface area contributed by atoms with E-state index in [0.29, 0.717) is 0 Å². The fraction of sp³-hybridized carbons (Fsp3) is 0.769. The SMILES string of the molecule is CC(C)(C)OC(=O)N1CCC(NC(=O)C(F)(F)F)CC1C#N. The molecule has 22 heavy (non-hydrogen) atoms. The first-order valence-corrected chi connectivity index (χ1v) is 6.71. The molecule has 0 saturated carbocycles. The molecule has 124 valence electrons. The zero-order chi connectivity index (χ0) is 17.1. The highest BCUT2D eigenvalue weighted by Gasteiger charge is 2.42. The van der Waals surface area contributed by atoms with Gasteiger partial charge in [0.05, 0.1) is 6.07 Å². The van der Waals surface area contributed by atoms with Gasteiger partial charge in [-0.1, -0.05) is 0 Å². The number of halogens is 3. The Morgan fingerprint density at radius 2 is 1.91 bits per heavy atom. The van der Waals surface area contributed by atoms with Gasteiger partial charge in [-0.2, -0.15) is 18.4 Å². The predicted octanol–water partition coefficient (Wildman–Crippen LogP) is 1.96. The van der Waals surface area contributed by atoms with Gasteiger partial charge in [0.1, 0.15) is 11.6 Å². The van der Waals surface area contributed by atoms with Crippen LogP contribution < -0.4 is 5.32 Å². The number of nitrogens with zero attached hydrogens (tertiary/aromatic N) is 2. The molecule has 2 atom stereocenters. The Labute approximate surface area is 126 Å². The van der Waals surface area contributed by atoms with E-state index >= 15 is 0 Å². The molecule has 0 spiro atoms. The average molecular weight is 321 g/mol. The fourth-order valence-corrected chi connectivity index (χ4v) is 2.03. The molecule has 1 saturated heterocycles. The van der Waals surface area contributed by atoms with Gasteiger partial charge in [-0.15, -0.1) is 0 Å². The van der Waals surface area contributed by atoms with Gasteiger partial charge in [-0.25, -0.2) is 4.79 Å². The van der Waals surface area contributed by atoms with Crippen LogP contribution in [0.25, 0.3) is 0 Å². The van der Waals surface area contributed by atoms with E-state index in [-0.39, 0.29) is 19.4 Å². The summed E-state index contributed by atoms with van der Waals surface area (Å²) in [7, 11) is 0. The minimum atomic E-state index is -4.97. The lowest BCUT2D eigenvalue weighted by Crippen LogP contribution is -2.54. The van der Waals surface area contributed by atoms with Gasteiger partial charge >= 0.3 is 18.2 Å². The lowest BCUT2D eigenvalue weighted by atomic mass is 9.98. The van der Waals surface area contributed by atoms with Crippen molar-refractivity contribution < 1.29 is 27.5 Å². The number of alkyl halides is 3. The minimum absolute atomic E-state index is 0.0376. The molecule has 0 aromatic rings. The average Bonchev–Trinajstić information content (AvgIpc) is 2.35. The summed E-state index contributed by atoms with van der Waals surface area (Å²) < 4.78 is 41.8. The first-order chi connectivity index (χ1) is 9.94. The van der Waals surface area contributed by atoms with Crippen molar-refractivity contribution in [2.75, 3.05) is 6.54 Å². The van der Waals surface area contributed by atoms with E-state index in [1.807, 2.05) is 11.4 Å². The second-order valence-corrected chi connectivity index (χ2v) is 6.01. The molecule has 1 heterocycles. The van der Waals surface area contributed by atoms with Crippen LogP contribution in [0.4, 0.5) is 18.0 Å². The third-order valence-electron chi connectivity index (χ3n) is 2.97. The van der Waals surface area contributed by atoms with Crippen LogP contribution in [0, 0.1) is 11.3 Å². The number of hydrogen-bond acceptors (Lipinski definition) is 4. The summed E-state index contributed by atoms with van der Waals surface area (Å²) >= 11 is 0. The number of carbonyl (C=O) groups is 2. The molecule has 9 heteroatoms. The van der Waals surface area contributed by atoms with Crippen molar-refractivity contribution in [3.05, 3.63) is 0 Å². The number of hydrogen-bond donors (Lipinski definition) is 1. The number of carbonyl (C=O) groups excluding carboxylic acids is 2. The molecule has 1 aliphatic heterocycles. The normalized spacial score (nSPS) is 22.7. The molecule has 0 aliphatic carbocycles. The standard InChI is InChI=1S/C13H18F3N3O3/c1-12(2,3)22-11(21)19-5-4-8(6-9(19)7-17)18-10(20)13(14,15)16/h8-9H,4-6H2,1-3H3,(H,18,20). The molecular formula is C13H18F3N3O3. The third-order valence-corrected chi connectivity index (χ3v) is 2.97. The van der Waals surface area contributed by atoms with E-state index in [0.717, 1.165) is 0 Å². The second kappa shape index (κ2) is 6.42. The van der Waals surface area contributed by atoms with Crippen molar-refractivity contribution in [2.24, 2.45) is 0 Å². The highest BCUT2D eigenvalue weighted by atomic mass is 19.4. The number of ether oxygens (including phenoxy) is 1. The van der Waals surface area contributed by atoms with Gasteiger partial charge in [0.25, 0.3) is 0 Å². The van der Waals surface area contributed by atoms with Gasteiger partial charge in [0.2, 0.25) is 0 Å². The first kappa shape index (κ1) is 18.1. The van der Waals surface area contributed by atoms with Crippen LogP contribution in [0.15, 0.2) is 0 Å². The molecule has 0 aromatic heterocycles. The molecule has 0 aromatic carbocycles. The molecule has 1 fully saturated rings. The summed E-state index contributed by atoms with van der Waals surface area (Å²) in [6.07, 6.45) is -5.61. The van der Waals surface area contributed by atoms with E-state index in [9.17, 15) is 22.8 Å². The second-order valence-electron chi connectivity index (χ2n) is 6.01. The molecule has 1 N–H and O–H groups in total. The van der Waals surface area contributed by atoms with Gasteiger partial charge in [-0.3, -0.25) is 9.69 Å². The summed E-state index contributed by atoms with van der Waals surface area (Å²) in [5.41, 5.74) is -0.738. The smallest absolute Gasteiger partial charge is 0.444 e. The molecule has 1 rings (SSSR count). The largest absolute Gasteiger partial charge is 0.471 e. The summed E-state index contributed by atoms with van der Waals surface area (Å²) in [5.74, 6) is -2.04. The van der Waals surface area contributed by atoms with E-state index in [1.54, 1.807) is 20.8 Å². The zero-order valence-corrected chi connectivity index (χ0v) is 12.5. The number of nitriles is 1. The van der Waals surface area contributed by atoms with Gasteiger partial charge < -0.3 is 10.1 Å². The highest BCUT2D eigenvalue weighted by molar-refractivity contribution is 5.82. The lowest BCUT2D eigenvalue weighted by Gasteiger charge is -2.37. The third kappa shape index (κ3) is 5.09. The van der Waals surface area contributed by atoms with E-state index in [2.05, 4.69) is 0 Å². The minimum Gasteiger partial charge on any atom is -0.444 e. The number of amides is 2. The monoisotopic (exact) mass is 321 g/mol. The van der Waals surface area contributed by atoms with Crippen molar-refractivity contribution in [3.8, 4) is 6.07 Å². The number of rotatable bonds is 1. The maximum atomic E-state index is 12.2. The first-order valence-electron chi connectivity index (χ1n) is 6.71. The Hall–Kier alpha value is -1.98. The molecule has 6 nitrogen and oxygen atoms in total. The topological polar surface area (TPSA) is 82.4 Å². The molecule has 2 unspecified atom stereocenters. The number of nitrogens with one attached hydrogen (secondary N) is 1. The van der Waals surface area contributed by atoms with Gasteiger partial charge in [0, 0.05) is 19.0 Å². The number of piperidine rings is 1. The Morgan fingerprint density at radius 1 is 1.32 bits per heavy atom. The van der Waals surface area contributed by atoms with E-state index < -0.39 is 35.9 Å². The van der Waals surface area contributed by atoms with Crippen LogP contribution in [0.2, 0.25) is 0 Å². The van der Waals surface area contributed by atoms with Crippen LogP contribution in [-0.2, 0) is 9.53 Å². The molecular weight excluding hydrogens is 303 g/mol. The van der Waals surface area contributed by atoms with E-state index in [1.165, 1.54) is 4.90 Å². The molecule has 1 aliphatic rings. The van der Waals surface area contributed by atoms with Gasteiger partial charge in [-0.05, 0) is 27.2 Å². The molecule has 2 amide bonds. The Balaban J connectivity index is 2.67. The zero-order valence-electron chi connectivity index (χ0n) is 12.5. The van der Waals surface area contributed by atoms with Crippen molar-refractivity contribution in [1.29, 1.82) is 5.26 Å². The quantitative estimate of drug-likeness (QED) is 0.800. The van der Waals surface area contributed by atoms with Crippen LogP contribution in [0.3, 0.4) is 0 Å². The van der Waals surface area contributed by atoms with Crippen LogP contribution in [0.1, 0.15) is 33.6 Å². The summed E-state index contributed by atoms with van der Waals surface area (Å²) in [6.45, 7) is 5.05. The Bertz CT molecular complexity index is 480. The Morgan fingerprint density at radius 3 is 2.36 bits per heavy atom. The maximum Gasteiger partial charge on any atom is 0.471 e. The van der Waals surface area contributed by atoms with E-state index in [4.69, 9.17) is 10.00 Å². The maximum absolute atomic E-state index is 12.2. The van der Waals surface area contributed by atoms with Crippen molar-refractivity contribution in [3.63, 3.8) is 0 Å². The van der Waals surface area contributed by atoms with Crippen LogP contribution in [0.5, 0.6) is 0 Å². The summed E-state index contributed by atoms with van der Waals surface area (Å²) in [5, 5.41) is 10.9. The fourth-order valence-electron chi connectivity index (χ4n) is 2.03. The molecule has 0 bridgehead atoms.